The van der Waals surface area contributed by atoms with Crippen LogP contribution in [-0.2, 0) is 13.1 Å². The van der Waals surface area contributed by atoms with Crippen molar-refractivity contribution in [2.24, 2.45) is 0 Å². The van der Waals surface area contributed by atoms with Gasteiger partial charge in [0.25, 0.3) is 5.91 Å². The van der Waals surface area contributed by atoms with Gasteiger partial charge in [0.05, 0.1) is 12.8 Å². The summed E-state index contributed by atoms with van der Waals surface area (Å²) in [6.07, 6.45) is 1.62. The molecule has 2 heterocycles. The summed E-state index contributed by atoms with van der Waals surface area (Å²) in [5, 5.41) is 3.23. The summed E-state index contributed by atoms with van der Waals surface area (Å²) in [7, 11) is 1.77. The summed E-state index contributed by atoms with van der Waals surface area (Å²) >= 11 is 0. The summed E-state index contributed by atoms with van der Waals surface area (Å²) in [5.74, 6) is 1.68. The van der Waals surface area contributed by atoms with E-state index in [0.29, 0.717) is 30.4 Å². The third-order valence-electron chi connectivity index (χ3n) is 4.61. The molecule has 150 valence electrons. The maximum atomic E-state index is 13.1. The average molecular weight is 398 g/mol. The first-order valence-electron chi connectivity index (χ1n) is 9.69. The van der Waals surface area contributed by atoms with Crippen LogP contribution in [0.5, 0.6) is 0 Å². The minimum Gasteiger partial charge on any atom is -0.467 e. The Bertz CT molecular complexity index is 1100. The van der Waals surface area contributed by atoms with Crippen molar-refractivity contribution in [1.29, 1.82) is 0 Å². The van der Waals surface area contributed by atoms with Crippen LogP contribution >= 0.6 is 0 Å². The molecule has 2 aromatic heterocycles. The first-order valence-corrected chi connectivity index (χ1v) is 9.69. The van der Waals surface area contributed by atoms with Gasteiger partial charge >= 0.3 is 0 Å². The van der Waals surface area contributed by atoms with Crippen LogP contribution in [0.1, 0.15) is 21.8 Å². The van der Waals surface area contributed by atoms with Gasteiger partial charge in [0.15, 0.2) is 5.82 Å². The standard InChI is InChI=1S/C24H22N4O2/c1-28(17-18-9-4-2-5-10-18)24(29)21-15-22(25-16-20-13-8-14-30-20)27-23(26-21)19-11-6-3-7-12-19/h2-15H,16-17H2,1H3,(H,25,26,27). The molecule has 0 spiro atoms. The Balaban J connectivity index is 1.61. The molecule has 6 heteroatoms. The molecule has 0 radical (unpaired) electrons. The molecule has 6 nitrogen and oxygen atoms in total. The SMILES string of the molecule is CN(Cc1ccccc1)C(=O)c1cc(NCc2ccco2)nc(-c2ccccc2)n1. The predicted molar refractivity (Wildman–Crippen MR) is 116 cm³/mol. The average Bonchev–Trinajstić information content (AvgIpc) is 3.32. The molecule has 0 saturated heterocycles. The fourth-order valence-electron chi connectivity index (χ4n) is 3.08. The molecule has 0 aliphatic heterocycles. The number of furan rings is 1. The van der Waals surface area contributed by atoms with E-state index in [-0.39, 0.29) is 5.91 Å². The lowest BCUT2D eigenvalue weighted by atomic mass is 10.2. The molecule has 0 aliphatic rings. The van der Waals surface area contributed by atoms with E-state index >= 15 is 0 Å². The molecule has 0 aliphatic carbocycles. The van der Waals surface area contributed by atoms with Gasteiger partial charge in [-0.3, -0.25) is 4.79 Å². The van der Waals surface area contributed by atoms with Gasteiger partial charge in [0.2, 0.25) is 0 Å². The number of rotatable bonds is 7. The Labute approximate surface area is 175 Å². The van der Waals surface area contributed by atoms with Gasteiger partial charge < -0.3 is 14.6 Å². The van der Waals surface area contributed by atoms with Gasteiger partial charge in [0.1, 0.15) is 17.3 Å². The van der Waals surface area contributed by atoms with Crippen molar-refractivity contribution in [3.05, 3.63) is 102 Å². The van der Waals surface area contributed by atoms with E-state index in [0.717, 1.165) is 16.9 Å². The van der Waals surface area contributed by atoms with Crippen LogP contribution in [-0.4, -0.2) is 27.8 Å². The van der Waals surface area contributed by atoms with Crippen molar-refractivity contribution in [2.45, 2.75) is 13.1 Å². The van der Waals surface area contributed by atoms with Crippen LogP contribution in [0.15, 0.2) is 89.5 Å². The first-order chi connectivity index (χ1) is 14.7. The lowest BCUT2D eigenvalue weighted by Gasteiger charge is -2.18. The fraction of sp³-hybridized carbons (Fsp3) is 0.125. The van der Waals surface area contributed by atoms with Crippen molar-refractivity contribution < 1.29 is 9.21 Å². The third-order valence-corrected chi connectivity index (χ3v) is 4.61. The topological polar surface area (TPSA) is 71.3 Å². The molecule has 1 N–H and O–H groups in total. The summed E-state index contributed by atoms with van der Waals surface area (Å²) < 4.78 is 5.37. The second-order valence-corrected chi connectivity index (χ2v) is 6.91. The van der Waals surface area contributed by atoms with E-state index in [9.17, 15) is 4.79 Å². The highest BCUT2D eigenvalue weighted by atomic mass is 16.3. The van der Waals surface area contributed by atoms with Crippen LogP contribution < -0.4 is 5.32 Å². The minimum atomic E-state index is -0.167. The van der Waals surface area contributed by atoms with Crippen LogP contribution in [0.3, 0.4) is 0 Å². The molecule has 30 heavy (non-hydrogen) atoms. The molecule has 4 rings (SSSR count). The number of carbonyl (C=O) groups excluding carboxylic acids is 1. The summed E-state index contributed by atoms with van der Waals surface area (Å²) in [6, 6.07) is 24.9. The van der Waals surface area contributed by atoms with E-state index in [1.165, 1.54) is 0 Å². The number of anilines is 1. The van der Waals surface area contributed by atoms with Crippen LogP contribution in [0, 0.1) is 0 Å². The lowest BCUT2D eigenvalue weighted by molar-refractivity contribution is 0.0779. The Kier molecular flexibility index (Phi) is 5.85. The van der Waals surface area contributed by atoms with E-state index in [1.54, 1.807) is 24.3 Å². The lowest BCUT2D eigenvalue weighted by Crippen LogP contribution is -2.27. The second-order valence-electron chi connectivity index (χ2n) is 6.91. The highest BCUT2D eigenvalue weighted by Crippen LogP contribution is 2.19. The summed E-state index contributed by atoms with van der Waals surface area (Å²) in [6.45, 7) is 0.964. The van der Waals surface area contributed by atoms with E-state index < -0.39 is 0 Å². The third kappa shape index (κ3) is 4.72. The van der Waals surface area contributed by atoms with Crippen molar-refractivity contribution >= 4 is 11.7 Å². The van der Waals surface area contributed by atoms with Crippen molar-refractivity contribution in [1.82, 2.24) is 14.9 Å². The predicted octanol–water partition coefficient (Wildman–Crippen LogP) is 4.62. The van der Waals surface area contributed by atoms with E-state index in [1.807, 2.05) is 72.8 Å². The van der Waals surface area contributed by atoms with Crippen molar-refractivity contribution in [3.8, 4) is 11.4 Å². The quantitative estimate of drug-likeness (QED) is 0.492. The van der Waals surface area contributed by atoms with Gasteiger partial charge in [-0.1, -0.05) is 60.7 Å². The molecule has 0 fully saturated rings. The van der Waals surface area contributed by atoms with Gasteiger partial charge in [-0.15, -0.1) is 0 Å². The van der Waals surface area contributed by atoms with E-state index in [4.69, 9.17) is 4.42 Å². The smallest absolute Gasteiger partial charge is 0.272 e. The van der Waals surface area contributed by atoms with Gasteiger partial charge in [-0.25, -0.2) is 9.97 Å². The highest BCUT2D eigenvalue weighted by Gasteiger charge is 2.17. The molecule has 4 aromatic rings. The Morgan fingerprint density at radius 2 is 1.70 bits per heavy atom. The number of nitrogens with zero attached hydrogens (tertiary/aromatic N) is 3. The first kappa shape index (κ1) is 19.4. The Morgan fingerprint density at radius 1 is 0.967 bits per heavy atom. The highest BCUT2D eigenvalue weighted by molar-refractivity contribution is 5.93. The molecule has 0 atom stereocenters. The van der Waals surface area contributed by atoms with E-state index in [2.05, 4.69) is 15.3 Å². The molecule has 0 bridgehead atoms. The number of hydrogen-bond donors (Lipinski definition) is 1. The Hall–Kier alpha value is -3.93. The van der Waals surface area contributed by atoms with Crippen LogP contribution in [0.4, 0.5) is 5.82 Å². The Morgan fingerprint density at radius 3 is 2.40 bits per heavy atom. The zero-order valence-electron chi connectivity index (χ0n) is 16.7. The summed E-state index contributed by atoms with van der Waals surface area (Å²) in [5.41, 5.74) is 2.24. The van der Waals surface area contributed by atoms with Gasteiger partial charge in [0, 0.05) is 25.2 Å². The number of carbonyl (C=O) groups is 1. The fourth-order valence-corrected chi connectivity index (χ4v) is 3.08. The second kappa shape index (κ2) is 9.05. The minimum absolute atomic E-state index is 0.167. The van der Waals surface area contributed by atoms with Crippen LogP contribution in [0.25, 0.3) is 11.4 Å². The van der Waals surface area contributed by atoms with Crippen molar-refractivity contribution in [2.75, 3.05) is 12.4 Å². The number of hydrogen-bond acceptors (Lipinski definition) is 5. The number of benzene rings is 2. The molecular weight excluding hydrogens is 376 g/mol. The van der Waals surface area contributed by atoms with Crippen LogP contribution in [0.2, 0.25) is 0 Å². The summed E-state index contributed by atoms with van der Waals surface area (Å²) in [4.78, 5) is 23.9. The molecule has 0 unspecified atom stereocenters. The molecular formula is C24H22N4O2. The van der Waals surface area contributed by atoms with Gasteiger partial charge in [-0.2, -0.15) is 0 Å². The molecule has 1 amide bonds. The zero-order valence-corrected chi connectivity index (χ0v) is 16.7. The van der Waals surface area contributed by atoms with Crippen molar-refractivity contribution in [3.63, 3.8) is 0 Å². The molecule has 0 saturated carbocycles. The molecule has 2 aromatic carbocycles. The normalized spacial score (nSPS) is 10.6. The maximum Gasteiger partial charge on any atom is 0.272 e. The zero-order chi connectivity index (χ0) is 20.8. The number of amides is 1. The largest absolute Gasteiger partial charge is 0.467 e. The maximum absolute atomic E-state index is 13.1. The number of nitrogens with one attached hydrogen (secondary N) is 1. The monoisotopic (exact) mass is 398 g/mol. The van der Waals surface area contributed by atoms with Gasteiger partial charge in [-0.05, 0) is 17.7 Å². The number of aromatic nitrogens is 2.